The van der Waals surface area contributed by atoms with Crippen LogP contribution in [0.15, 0.2) is 5.03 Å². The molecule has 0 unspecified atom stereocenters. The summed E-state index contributed by atoms with van der Waals surface area (Å²) in [6.07, 6.45) is 0. The number of sulfonamides is 1. The minimum atomic E-state index is -3.51. The molecule has 14 heavy (non-hydrogen) atoms. The van der Waals surface area contributed by atoms with Crippen LogP contribution in [-0.2, 0) is 15.9 Å². The average Bonchev–Trinajstić information content (AvgIpc) is 2.47. The van der Waals surface area contributed by atoms with Gasteiger partial charge in [-0.2, -0.15) is 5.10 Å². The van der Waals surface area contributed by atoms with Gasteiger partial charge in [-0.05, 0) is 6.92 Å². The van der Waals surface area contributed by atoms with Crippen LogP contribution in [0.2, 0.25) is 0 Å². The minimum Gasteiger partial charge on any atom is -0.281 e. The zero-order valence-corrected chi connectivity index (χ0v) is 9.54. The number of aryl methyl sites for hydroxylation is 1. The molecule has 1 heterocycles. The zero-order chi connectivity index (χ0) is 10.8. The molecule has 0 aliphatic carbocycles. The molecular weight excluding hydrogens is 226 g/mol. The first kappa shape index (κ1) is 11.5. The third-order valence-electron chi connectivity index (χ3n) is 1.76. The maximum atomic E-state index is 11.6. The third kappa shape index (κ3) is 2.08. The van der Waals surface area contributed by atoms with E-state index >= 15 is 0 Å². The average molecular weight is 238 g/mol. The van der Waals surface area contributed by atoms with Gasteiger partial charge >= 0.3 is 0 Å². The number of hydrogen-bond acceptors (Lipinski definition) is 3. The molecular formula is C7H12ClN3O2S. The van der Waals surface area contributed by atoms with Crippen molar-refractivity contribution in [1.82, 2.24) is 14.9 Å². The van der Waals surface area contributed by atoms with Gasteiger partial charge in [-0.3, -0.25) is 5.10 Å². The number of aromatic nitrogens is 2. The SMILES string of the molecule is CCNS(=O)(=O)c1n[nH]c(C)c1CCl. The molecule has 5 nitrogen and oxygen atoms in total. The van der Waals surface area contributed by atoms with Gasteiger partial charge in [0.1, 0.15) is 0 Å². The molecule has 0 saturated heterocycles. The van der Waals surface area contributed by atoms with E-state index in [1.165, 1.54) is 0 Å². The summed E-state index contributed by atoms with van der Waals surface area (Å²) in [6, 6.07) is 0. The summed E-state index contributed by atoms with van der Waals surface area (Å²) in [4.78, 5) is 0. The highest BCUT2D eigenvalue weighted by atomic mass is 35.5. The Bertz CT molecular complexity index is 413. The number of hydrogen-bond donors (Lipinski definition) is 2. The van der Waals surface area contributed by atoms with Gasteiger partial charge in [-0.1, -0.05) is 6.92 Å². The fourth-order valence-electron chi connectivity index (χ4n) is 1.07. The normalized spacial score (nSPS) is 11.9. The molecule has 1 rings (SSSR count). The first-order valence-electron chi connectivity index (χ1n) is 4.12. The van der Waals surface area contributed by atoms with Gasteiger partial charge < -0.3 is 0 Å². The number of H-pyrrole nitrogens is 1. The molecule has 0 aromatic carbocycles. The second kappa shape index (κ2) is 4.29. The van der Waals surface area contributed by atoms with Crippen LogP contribution in [-0.4, -0.2) is 25.2 Å². The maximum absolute atomic E-state index is 11.6. The van der Waals surface area contributed by atoms with Crippen molar-refractivity contribution in [2.24, 2.45) is 0 Å². The van der Waals surface area contributed by atoms with Crippen LogP contribution in [0.3, 0.4) is 0 Å². The molecule has 2 N–H and O–H groups in total. The second-order valence-corrected chi connectivity index (χ2v) is 4.72. The van der Waals surface area contributed by atoms with Crippen molar-refractivity contribution in [3.8, 4) is 0 Å². The van der Waals surface area contributed by atoms with Crippen LogP contribution >= 0.6 is 11.6 Å². The Morgan fingerprint density at radius 1 is 1.57 bits per heavy atom. The van der Waals surface area contributed by atoms with E-state index in [1.54, 1.807) is 13.8 Å². The number of nitrogens with one attached hydrogen (secondary N) is 2. The highest BCUT2D eigenvalue weighted by Gasteiger charge is 2.21. The molecule has 0 atom stereocenters. The molecule has 0 radical (unpaired) electrons. The fourth-order valence-corrected chi connectivity index (χ4v) is 2.71. The van der Waals surface area contributed by atoms with E-state index in [-0.39, 0.29) is 10.9 Å². The zero-order valence-electron chi connectivity index (χ0n) is 7.96. The van der Waals surface area contributed by atoms with E-state index in [4.69, 9.17) is 11.6 Å². The Morgan fingerprint density at radius 3 is 2.71 bits per heavy atom. The summed E-state index contributed by atoms with van der Waals surface area (Å²) >= 11 is 5.63. The largest absolute Gasteiger partial charge is 0.281 e. The van der Waals surface area contributed by atoms with Crippen LogP contribution in [0.1, 0.15) is 18.2 Å². The van der Waals surface area contributed by atoms with Crippen molar-refractivity contribution in [1.29, 1.82) is 0 Å². The summed E-state index contributed by atoms with van der Waals surface area (Å²) in [5, 5.41) is 6.31. The molecule has 0 aliphatic rings. The molecule has 80 valence electrons. The number of halogens is 1. The van der Waals surface area contributed by atoms with Crippen molar-refractivity contribution in [3.05, 3.63) is 11.3 Å². The first-order chi connectivity index (χ1) is 6.53. The predicted octanol–water partition coefficient (Wildman–Crippen LogP) is 0.755. The molecule has 1 aromatic heterocycles. The van der Waals surface area contributed by atoms with Crippen LogP contribution in [0, 0.1) is 6.92 Å². The Labute approximate surface area is 87.9 Å². The van der Waals surface area contributed by atoms with Gasteiger partial charge in [0.15, 0.2) is 5.03 Å². The lowest BCUT2D eigenvalue weighted by Crippen LogP contribution is -2.24. The van der Waals surface area contributed by atoms with E-state index in [0.717, 1.165) is 0 Å². The van der Waals surface area contributed by atoms with Crippen LogP contribution in [0.4, 0.5) is 0 Å². The number of aromatic amines is 1. The summed E-state index contributed by atoms with van der Waals surface area (Å²) in [5.41, 5.74) is 1.20. The van der Waals surface area contributed by atoms with Crippen LogP contribution in [0.5, 0.6) is 0 Å². The van der Waals surface area contributed by atoms with E-state index in [0.29, 0.717) is 17.8 Å². The Balaban J connectivity index is 3.19. The van der Waals surface area contributed by atoms with Gasteiger partial charge in [0, 0.05) is 17.8 Å². The molecule has 0 amide bonds. The highest BCUT2D eigenvalue weighted by molar-refractivity contribution is 7.89. The molecule has 0 spiro atoms. The molecule has 0 bridgehead atoms. The van der Waals surface area contributed by atoms with Crippen LogP contribution in [0.25, 0.3) is 0 Å². The fraction of sp³-hybridized carbons (Fsp3) is 0.571. The van der Waals surface area contributed by atoms with E-state index in [1.807, 2.05) is 0 Å². The van der Waals surface area contributed by atoms with E-state index in [2.05, 4.69) is 14.9 Å². The van der Waals surface area contributed by atoms with Gasteiger partial charge in [0.05, 0.1) is 5.88 Å². The Hall–Kier alpha value is -0.590. The first-order valence-corrected chi connectivity index (χ1v) is 6.14. The van der Waals surface area contributed by atoms with E-state index < -0.39 is 10.0 Å². The van der Waals surface area contributed by atoms with Crippen molar-refractivity contribution in [2.75, 3.05) is 6.54 Å². The summed E-state index contributed by atoms with van der Waals surface area (Å²) in [7, 11) is -3.51. The topological polar surface area (TPSA) is 74.8 Å². The van der Waals surface area contributed by atoms with Gasteiger partial charge in [0.25, 0.3) is 10.0 Å². The molecule has 1 aromatic rings. The summed E-state index contributed by atoms with van der Waals surface area (Å²) in [6.45, 7) is 3.77. The van der Waals surface area contributed by atoms with Crippen molar-refractivity contribution >= 4 is 21.6 Å². The third-order valence-corrected chi connectivity index (χ3v) is 3.54. The summed E-state index contributed by atoms with van der Waals surface area (Å²) in [5.74, 6) is 0.127. The minimum absolute atomic E-state index is 0.00755. The lowest BCUT2D eigenvalue weighted by Gasteiger charge is -2.02. The van der Waals surface area contributed by atoms with Gasteiger partial charge in [0.2, 0.25) is 0 Å². The molecule has 7 heteroatoms. The maximum Gasteiger partial charge on any atom is 0.260 e. The second-order valence-electron chi connectivity index (χ2n) is 2.77. The number of rotatable bonds is 4. The number of nitrogens with zero attached hydrogens (tertiary/aromatic N) is 1. The van der Waals surface area contributed by atoms with Crippen molar-refractivity contribution in [2.45, 2.75) is 24.8 Å². The standard InChI is InChI=1S/C7H12ClN3O2S/c1-3-9-14(12,13)7-6(4-8)5(2)10-11-7/h9H,3-4H2,1-2H3,(H,10,11). The van der Waals surface area contributed by atoms with Gasteiger partial charge in [-0.15, -0.1) is 11.6 Å². The van der Waals surface area contributed by atoms with Gasteiger partial charge in [-0.25, -0.2) is 13.1 Å². The Kier molecular flexibility index (Phi) is 3.52. The predicted molar refractivity (Wildman–Crippen MR) is 53.7 cm³/mol. The Morgan fingerprint density at radius 2 is 2.21 bits per heavy atom. The smallest absolute Gasteiger partial charge is 0.260 e. The number of alkyl halides is 1. The highest BCUT2D eigenvalue weighted by Crippen LogP contribution is 2.17. The lowest BCUT2D eigenvalue weighted by atomic mass is 10.3. The molecule has 0 fully saturated rings. The van der Waals surface area contributed by atoms with Crippen molar-refractivity contribution < 1.29 is 8.42 Å². The van der Waals surface area contributed by atoms with E-state index in [9.17, 15) is 8.42 Å². The summed E-state index contributed by atoms with van der Waals surface area (Å²) < 4.78 is 25.5. The van der Waals surface area contributed by atoms with Crippen LogP contribution < -0.4 is 4.72 Å². The quantitative estimate of drug-likeness (QED) is 0.759. The lowest BCUT2D eigenvalue weighted by molar-refractivity contribution is 0.578. The molecule has 0 saturated carbocycles. The molecule has 0 aliphatic heterocycles. The monoisotopic (exact) mass is 237 g/mol. The van der Waals surface area contributed by atoms with Crippen molar-refractivity contribution in [3.63, 3.8) is 0 Å².